The van der Waals surface area contributed by atoms with Gasteiger partial charge in [0.2, 0.25) is 0 Å². The van der Waals surface area contributed by atoms with Crippen molar-refractivity contribution in [2.45, 2.75) is 24.8 Å². The molecule has 1 heterocycles. The van der Waals surface area contributed by atoms with E-state index in [4.69, 9.17) is 4.74 Å². The molecule has 16 heavy (non-hydrogen) atoms. The molecule has 0 bridgehead atoms. The number of esters is 1. The maximum absolute atomic E-state index is 11.8. The maximum Gasteiger partial charge on any atom is 0.314 e. The fourth-order valence-electron chi connectivity index (χ4n) is 2.32. The Labute approximate surface area is 95.8 Å². The number of nitrogens with one attached hydrogen (secondary N) is 1. The van der Waals surface area contributed by atoms with E-state index in [2.05, 4.69) is 5.32 Å². The third kappa shape index (κ3) is 2.25. The average Bonchev–Trinajstić information content (AvgIpc) is 2.84. The van der Waals surface area contributed by atoms with Crippen LogP contribution in [-0.4, -0.2) is 25.7 Å². The molecule has 3 nitrogen and oxygen atoms in total. The van der Waals surface area contributed by atoms with Gasteiger partial charge in [0.05, 0.1) is 13.0 Å². The number of rotatable bonds is 3. The molecule has 0 spiro atoms. The summed E-state index contributed by atoms with van der Waals surface area (Å²) in [5, 5.41) is 3.37. The Balaban J connectivity index is 2.24. The monoisotopic (exact) mass is 219 g/mol. The Morgan fingerprint density at radius 2 is 2.19 bits per heavy atom. The second-order valence-electron chi connectivity index (χ2n) is 4.11. The van der Waals surface area contributed by atoms with Gasteiger partial charge in [0.25, 0.3) is 0 Å². The Kier molecular flexibility index (Phi) is 3.57. The van der Waals surface area contributed by atoms with Gasteiger partial charge >= 0.3 is 5.97 Å². The van der Waals surface area contributed by atoms with Crippen LogP contribution in [-0.2, 0) is 9.53 Å². The smallest absolute Gasteiger partial charge is 0.314 e. The van der Waals surface area contributed by atoms with Crippen molar-refractivity contribution in [2.24, 2.45) is 0 Å². The second kappa shape index (κ2) is 5.12. The molecule has 0 unspecified atom stereocenters. The van der Waals surface area contributed by atoms with Crippen LogP contribution in [0.25, 0.3) is 0 Å². The molecule has 1 aromatic carbocycles. The molecule has 1 fully saturated rings. The number of ether oxygens (including phenoxy) is 1. The third-order valence-corrected chi connectivity index (χ3v) is 3.11. The zero-order valence-corrected chi connectivity index (χ0v) is 9.48. The van der Waals surface area contributed by atoms with Gasteiger partial charge in [-0.1, -0.05) is 30.3 Å². The molecule has 1 aromatic rings. The molecule has 1 aliphatic rings. The summed E-state index contributed by atoms with van der Waals surface area (Å²) < 4.78 is 4.90. The molecule has 0 aliphatic carbocycles. The molecule has 1 aliphatic heterocycles. The van der Waals surface area contributed by atoms with Gasteiger partial charge in [0.1, 0.15) is 0 Å². The molecule has 1 N–H and O–H groups in total. The van der Waals surface area contributed by atoms with Crippen LogP contribution in [0.3, 0.4) is 0 Å². The van der Waals surface area contributed by atoms with Crippen LogP contribution >= 0.6 is 0 Å². The lowest BCUT2D eigenvalue weighted by atomic mass is 9.90. The number of carbonyl (C=O) groups excluding carboxylic acids is 1. The molecule has 2 atom stereocenters. The van der Waals surface area contributed by atoms with Crippen LogP contribution in [0.5, 0.6) is 0 Å². The lowest BCUT2D eigenvalue weighted by Gasteiger charge is -2.21. The van der Waals surface area contributed by atoms with E-state index in [1.807, 2.05) is 30.3 Å². The van der Waals surface area contributed by atoms with Crippen LogP contribution in [0.15, 0.2) is 30.3 Å². The minimum Gasteiger partial charge on any atom is -0.469 e. The van der Waals surface area contributed by atoms with E-state index in [1.54, 1.807) is 0 Å². The number of benzene rings is 1. The standard InChI is InChI=1S/C13H17NO2/c1-16-13(15)12(11-8-5-9-14-11)10-6-3-2-4-7-10/h2-4,6-7,11-12,14H,5,8-9H2,1H3/t11-,12-/m0/s1. The number of carbonyl (C=O) groups is 1. The maximum atomic E-state index is 11.8. The van der Waals surface area contributed by atoms with Crippen LogP contribution < -0.4 is 5.32 Å². The van der Waals surface area contributed by atoms with Gasteiger partial charge in [-0.05, 0) is 24.9 Å². The zero-order chi connectivity index (χ0) is 11.4. The fourth-order valence-corrected chi connectivity index (χ4v) is 2.32. The van der Waals surface area contributed by atoms with Gasteiger partial charge in [0.15, 0.2) is 0 Å². The topological polar surface area (TPSA) is 38.3 Å². The van der Waals surface area contributed by atoms with Crippen LogP contribution in [0.1, 0.15) is 24.3 Å². The Morgan fingerprint density at radius 1 is 1.44 bits per heavy atom. The van der Waals surface area contributed by atoms with Crippen LogP contribution in [0.2, 0.25) is 0 Å². The highest BCUT2D eigenvalue weighted by Gasteiger charge is 2.32. The van der Waals surface area contributed by atoms with Crippen molar-refractivity contribution >= 4 is 5.97 Å². The molecule has 1 saturated heterocycles. The summed E-state index contributed by atoms with van der Waals surface area (Å²) in [6, 6.07) is 10.1. The first-order valence-electron chi connectivity index (χ1n) is 5.69. The van der Waals surface area contributed by atoms with Gasteiger partial charge in [-0.2, -0.15) is 0 Å². The first-order chi connectivity index (χ1) is 7.83. The van der Waals surface area contributed by atoms with Gasteiger partial charge in [-0.3, -0.25) is 4.79 Å². The van der Waals surface area contributed by atoms with Crippen molar-refractivity contribution in [3.05, 3.63) is 35.9 Å². The molecular formula is C13H17NO2. The number of methoxy groups -OCH3 is 1. The third-order valence-electron chi connectivity index (χ3n) is 3.11. The minimum absolute atomic E-state index is 0.148. The Bertz CT molecular complexity index is 344. The van der Waals surface area contributed by atoms with Crippen molar-refractivity contribution in [1.82, 2.24) is 5.32 Å². The largest absolute Gasteiger partial charge is 0.469 e. The van der Waals surface area contributed by atoms with E-state index in [0.717, 1.165) is 24.9 Å². The van der Waals surface area contributed by atoms with Crippen molar-refractivity contribution in [1.29, 1.82) is 0 Å². The summed E-state index contributed by atoms with van der Waals surface area (Å²) in [5.74, 6) is -0.320. The normalized spacial score (nSPS) is 21.7. The zero-order valence-electron chi connectivity index (χ0n) is 9.48. The van der Waals surface area contributed by atoms with Crippen molar-refractivity contribution in [2.75, 3.05) is 13.7 Å². The summed E-state index contributed by atoms with van der Waals surface area (Å²) >= 11 is 0. The van der Waals surface area contributed by atoms with Crippen molar-refractivity contribution in [3.8, 4) is 0 Å². The van der Waals surface area contributed by atoms with E-state index in [1.165, 1.54) is 7.11 Å². The van der Waals surface area contributed by atoms with Crippen molar-refractivity contribution in [3.63, 3.8) is 0 Å². The van der Waals surface area contributed by atoms with Crippen LogP contribution in [0, 0.1) is 0 Å². The predicted molar refractivity (Wildman–Crippen MR) is 62.2 cm³/mol. The highest BCUT2D eigenvalue weighted by atomic mass is 16.5. The van der Waals surface area contributed by atoms with Gasteiger partial charge < -0.3 is 10.1 Å². The molecular weight excluding hydrogens is 202 g/mol. The summed E-state index contributed by atoms with van der Waals surface area (Å²) in [6.45, 7) is 0.991. The molecule has 0 aromatic heterocycles. The predicted octanol–water partition coefficient (Wildman–Crippen LogP) is 1.70. The minimum atomic E-state index is -0.173. The number of hydrogen-bond donors (Lipinski definition) is 1. The van der Waals surface area contributed by atoms with Gasteiger partial charge in [-0.25, -0.2) is 0 Å². The van der Waals surface area contributed by atoms with E-state index >= 15 is 0 Å². The first-order valence-corrected chi connectivity index (χ1v) is 5.69. The SMILES string of the molecule is COC(=O)[C@@H](c1ccccc1)[C@@H]1CCCN1. The first kappa shape index (κ1) is 11.1. The summed E-state index contributed by atoms with van der Waals surface area (Å²) in [4.78, 5) is 11.8. The van der Waals surface area contributed by atoms with E-state index in [0.29, 0.717) is 0 Å². The van der Waals surface area contributed by atoms with Gasteiger partial charge in [-0.15, -0.1) is 0 Å². The highest BCUT2D eigenvalue weighted by molar-refractivity contribution is 5.79. The molecule has 0 radical (unpaired) electrons. The lowest BCUT2D eigenvalue weighted by Crippen LogP contribution is -2.34. The Morgan fingerprint density at radius 3 is 2.75 bits per heavy atom. The molecule has 86 valence electrons. The quantitative estimate of drug-likeness (QED) is 0.786. The molecule has 0 saturated carbocycles. The van der Waals surface area contributed by atoms with Gasteiger partial charge in [0, 0.05) is 6.04 Å². The van der Waals surface area contributed by atoms with Crippen molar-refractivity contribution < 1.29 is 9.53 Å². The molecule has 2 rings (SSSR count). The summed E-state index contributed by atoms with van der Waals surface area (Å²) in [7, 11) is 1.45. The van der Waals surface area contributed by atoms with E-state index in [-0.39, 0.29) is 17.9 Å². The number of hydrogen-bond acceptors (Lipinski definition) is 3. The van der Waals surface area contributed by atoms with E-state index < -0.39 is 0 Å². The highest BCUT2D eigenvalue weighted by Crippen LogP contribution is 2.26. The van der Waals surface area contributed by atoms with Crippen LogP contribution in [0.4, 0.5) is 0 Å². The lowest BCUT2D eigenvalue weighted by molar-refractivity contribution is -0.143. The Hall–Kier alpha value is -1.35. The molecule has 3 heteroatoms. The summed E-state index contributed by atoms with van der Waals surface area (Å²) in [5.41, 5.74) is 1.04. The molecule has 0 amide bonds. The van der Waals surface area contributed by atoms with E-state index in [9.17, 15) is 4.79 Å². The average molecular weight is 219 g/mol. The fraction of sp³-hybridized carbons (Fsp3) is 0.462. The summed E-state index contributed by atoms with van der Waals surface area (Å²) in [6.07, 6.45) is 2.17. The second-order valence-corrected chi connectivity index (χ2v) is 4.11.